The Morgan fingerprint density at radius 3 is 2.23 bits per heavy atom. The zero-order valence-electron chi connectivity index (χ0n) is 18.8. The minimum absolute atomic E-state index is 0.0435. The van der Waals surface area contributed by atoms with Gasteiger partial charge in [0.05, 0.1) is 24.7 Å². The predicted molar refractivity (Wildman–Crippen MR) is 124 cm³/mol. The summed E-state index contributed by atoms with van der Waals surface area (Å²) in [7, 11) is -1.48. The van der Waals surface area contributed by atoms with Gasteiger partial charge in [-0.15, -0.1) is 0 Å². The summed E-state index contributed by atoms with van der Waals surface area (Å²) in [4.78, 5) is 12.9. The molecule has 0 aliphatic rings. The first-order valence-corrected chi connectivity index (χ1v) is 11.8. The standard InChI is InChI=1S/C24H23F3N2O5S/c1-33-21-12-11-19(15-22(21)34-2)35(31,32)29-20(13-16-7-4-3-5-8-16)23(30)28-18-10-6-9-17(14-18)24(25,26)27/h3-12,14-15,20,29H,13H2,1-2H3,(H,28,30)/t20-/m1/s1. The van der Waals surface area contributed by atoms with Gasteiger partial charge in [0.15, 0.2) is 11.5 Å². The summed E-state index contributed by atoms with van der Waals surface area (Å²) in [6, 6.07) is 15.3. The van der Waals surface area contributed by atoms with Gasteiger partial charge in [-0.2, -0.15) is 17.9 Å². The van der Waals surface area contributed by atoms with Gasteiger partial charge in [-0.1, -0.05) is 36.4 Å². The van der Waals surface area contributed by atoms with Crippen molar-refractivity contribution in [1.82, 2.24) is 4.72 Å². The molecule has 35 heavy (non-hydrogen) atoms. The molecule has 2 N–H and O–H groups in total. The van der Waals surface area contributed by atoms with Gasteiger partial charge in [-0.25, -0.2) is 8.42 Å². The molecule has 7 nitrogen and oxygen atoms in total. The lowest BCUT2D eigenvalue weighted by Crippen LogP contribution is -2.45. The summed E-state index contributed by atoms with van der Waals surface area (Å²) in [5.41, 5.74) is -0.416. The monoisotopic (exact) mass is 508 g/mol. The lowest BCUT2D eigenvalue weighted by atomic mass is 10.1. The van der Waals surface area contributed by atoms with E-state index >= 15 is 0 Å². The number of halogens is 3. The van der Waals surface area contributed by atoms with E-state index in [0.717, 1.165) is 18.2 Å². The van der Waals surface area contributed by atoms with E-state index in [-0.39, 0.29) is 22.8 Å². The van der Waals surface area contributed by atoms with E-state index < -0.39 is 33.7 Å². The number of methoxy groups -OCH3 is 2. The molecule has 11 heteroatoms. The lowest BCUT2D eigenvalue weighted by molar-refractivity contribution is -0.137. The number of amides is 1. The highest BCUT2D eigenvalue weighted by atomic mass is 32.2. The molecule has 0 bridgehead atoms. The molecule has 0 aromatic heterocycles. The summed E-state index contributed by atoms with van der Waals surface area (Å²) in [6.07, 6.45) is -4.64. The first kappa shape index (κ1) is 26.0. The van der Waals surface area contributed by atoms with Crippen molar-refractivity contribution >= 4 is 21.6 Å². The molecular formula is C24H23F3N2O5S. The van der Waals surface area contributed by atoms with Crippen LogP contribution >= 0.6 is 0 Å². The topological polar surface area (TPSA) is 93.7 Å². The highest BCUT2D eigenvalue weighted by molar-refractivity contribution is 7.89. The summed E-state index contributed by atoms with van der Waals surface area (Å²) < 4.78 is 78.0. The SMILES string of the molecule is COc1ccc(S(=O)(=O)N[C@H](Cc2ccccc2)C(=O)Nc2cccc(C(F)(F)F)c2)cc1OC. The van der Waals surface area contributed by atoms with Gasteiger partial charge in [-0.05, 0) is 42.3 Å². The van der Waals surface area contributed by atoms with Crippen LogP contribution in [0.4, 0.5) is 18.9 Å². The first-order valence-electron chi connectivity index (χ1n) is 10.3. The van der Waals surface area contributed by atoms with Crippen LogP contribution in [0, 0.1) is 0 Å². The Labute approximate surface area is 200 Å². The molecule has 0 aliphatic heterocycles. The van der Waals surface area contributed by atoms with Crippen LogP contribution in [-0.4, -0.2) is 34.6 Å². The summed E-state index contributed by atoms with van der Waals surface area (Å²) in [5.74, 6) is -0.338. The van der Waals surface area contributed by atoms with Gasteiger partial charge in [0.25, 0.3) is 0 Å². The van der Waals surface area contributed by atoms with Crippen molar-refractivity contribution in [2.24, 2.45) is 0 Å². The van der Waals surface area contributed by atoms with Crippen molar-refractivity contribution in [3.8, 4) is 11.5 Å². The maximum absolute atomic E-state index is 13.1. The Morgan fingerprint density at radius 1 is 0.914 bits per heavy atom. The number of benzene rings is 3. The summed E-state index contributed by atoms with van der Waals surface area (Å²) in [5, 5.41) is 2.38. The molecule has 0 saturated heterocycles. The summed E-state index contributed by atoms with van der Waals surface area (Å²) >= 11 is 0. The zero-order valence-corrected chi connectivity index (χ0v) is 19.6. The second kappa shape index (κ2) is 10.8. The molecular weight excluding hydrogens is 485 g/mol. The van der Waals surface area contributed by atoms with E-state index in [9.17, 15) is 26.4 Å². The van der Waals surface area contributed by atoms with Gasteiger partial charge in [0, 0.05) is 11.8 Å². The van der Waals surface area contributed by atoms with E-state index in [2.05, 4.69) is 10.0 Å². The number of carbonyl (C=O) groups is 1. The minimum atomic E-state index is -4.60. The van der Waals surface area contributed by atoms with Crippen molar-refractivity contribution in [1.29, 1.82) is 0 Å². The van der Waals surface area contributed by atoms with E-state index in [1.165, 1.54) is 38.5 Å². The van der Waals surface area contributed by atoms with Crippen LogP contribution in [-0.2, 0) is 27.4 Å². The largest absolute Gasteiger partial charge is 0.493 e. The van der Waals surface area contributed by atoms with Crippen LogP contribution in [0.3, 0.4) is 0 Å². The number of hydrogen-bond donors (Lipinski definition) is 2. The number of alkyl halides is 3. The van der Waals surface area contributed by atoms with E-state index in [1.807, 2.05) is 0 Å². The average molecular weight is 509 g/mol. The third-order valence-corrected chi connectivity index (χ3v) is 6.49. The van der Waals surface area contributed by atoms with Crippen molar-refractivity contribution < 1.29 is 35.9 Å². The van der Waals surface area contributed by atoms with E-state index in [4.69, 9.17) is 9.47 Å². The molecule has 0 saturated carbocycles. The summed E-state index contributed by atoms with van der Waals surface area (Å²) in [6.45, 7) is 0. The van der Waals surface area contributed by atoms with Crippen LogP contribution in [0.5, 0.6) is 11.5 Å². The van der Waals surface area contributed by atoms with Crippen LogP contribution in [0.2, 0.25) is 0 Å². The Bertz CT molecular complexity index is 1280. The van der Waals surface area contributed by atoms with Crippen LogP contribution in [0.15, 0.2) is 77.7 Å². The lowest BCUT2D eigenvalue weighted by Gasteiger charge is -2.20. The number of hydrogen-bond acceptors (Lipinski definition) is 5. The molecule has 0 unspecified atom stereocenters. The van der Waals surface area contributed by atoms with Crippen LogP contribution < -0.4 is 19.5 Å². The van der Waals surface area contributed by atoms with Gasteiger partial charge < -0.3 is 14.8 Å². The number of anilines is 1. The smallest absolute Gasteiger partial charge is 0.416 e. The molecule has 1 atom stereocenters. The second-order valence-electron chi connectivity index (χ2n) is 7.45. The van der Waals surface area contributed by atoms with Crippen LogP contribution in [0.25, 0.3) is 0 Å². The maximum atomic E-state index is 13.1. The molecule has 0 aliphatic carbocycles. The maximum Gasteiger partial charge on any atom is 0.416 e. The minimum Gasteiger partial charge on any atom is -0.493 e. The van der Waals surface area contributed by atoms with Crippen molar-refractivity contribution in [3.63, 3.8) is 0 Å². The zero-order chi connectivity index (χ0) is 25.6. The molecule has 3 aromatic carbocycles. The molecule has 3 rings (SSSR count). The van der Waals surface area contributed by atoms with E-state index in [1.54, 1.807) is 30.3 Å². The number of rotatable bonds is 9. The van der Waals surface area contributed by atoms with Gasteiger partial charge in [0.1, 0.15) is 6.04 Å². The number of nitrogens with one attached hydrogen (secondary N) is 2. The highest BCUT2D eigenvalue weighted by Gasteiger charge is 2.31. The van der Waals surface area contributed by atoms with Crippen molar-refractivity contribution in [3.05, 3.63) is 83.9 Å². The Morgan fingerprint density at radius 2 is 1.60 bits per heavy atom. The number of ether oxygens (including phenoxy) is 2. The normalized spacial score (nSPS) is 12.6. The fraction of sp³-hybridized carbons (Fsp3) is 0.208. The Kier molecular flexibility index (Phi) is 8.03. The average Bonchev–Trinajstić information content (AvgIpc) is 2.83. The quantitative estimate of drug-likeness (QED) is 0.451. The number of sulfonamides is 1. The fourth-order valence-corrected chi connectivity index (χ4v) is 4.49. The highest BCUT2D eigenvalue weighted by Crippen LogP contribution is 2.31. The molecule has 186 valence electrons. The van der Waals surface area contributed by atoms with Crippen molar-refractivity contribution in [2.75, 3.05) is 19.5 Å². The number of carbonyl (C=O) groups excluding carboxylic acids is 1. The van der Waals surface area contributed by atoms with Gasteiger partial charge >= 0.3 is 6.18 Å². The van der Waals surface area contributed by atoms with Gasteiger partial charge in [-0.3, -0.25) is 4.79 Å². The van der Waals surface area contributed by atoms with Crippen LogP contribution in [0.1, 0.15) is 11.1 Å². The first-order chi connectivity index (χ1) is 16.5. The molecule has 0 fully saturated rings. The van der Waals surface area contributed by atoms with Gasteiger partial charge in [0.2, 0.25) is 15.9 Å². The van der Waals surface area contributed by atoms with Crippen molar-refractivity contribution in [2.45, 2.75) is 23.5 Å². The third kappa shape index (κ3) is 6.74. The molecule has 0 spiro atoms. The fourth-order valence-electron chi connectivity index (χ4n) is 3.28. The van der Waals surface area contributed by atoms with E-state index in [0.29, 0.717) is 11.3 Å². The Balaban J connectivity index is 1.90. The molecule has 1 amide bonds. The molecule has 3 aromatic rings. The third-order valence-electron chi connectivity index (χ3n) is 5.02. The molecule has 0 radical (unpaired) electrons. The second-order valence-corrected chi connectivity index (χ2v) is 9.16. The Hall–Kier alpha value is -3.57. The predicted octanol–water partition coefficient (Wildman–Crippen LogP) is 4.25. The molecule has 0 heterocycles.